The fourth-order valence-corrected chi connectivity index (χ4v) is 2.77. The molecule has 148 valence electrons. The number of halogens is 2. The first-order valence-corrected chi connectivity index (χ1v) is 9.04. The molecule has 0 atom stereocenters. The lowest BCUT2D eigenvalue weighted by molar-refractivity contribution is -0.384. The van der Waals surface area contributed by atoms with Crippen LogP contribution in [-0.2, 0) is 6.54 Å². The molecule has 0 aliphatic heterocycles. The molecule has 0 bridgehead atoms. The summed E-state index contributed by atoms with van der Waals surface area (Å²) in [5.41, 5.74) is 3.67. The fourth-order valence-electron chi connectivity index (χ4n) is 2.38. The van der Waals surface area contributed by atoms with E-state index in [9.17, 15) is 14.9 Å². The summed E-state index contributed by atoms with van der Waals surface area (Å²) in [6.07, 6.45) is 1.33. The van der Waals surface area contributed by atoms with Crippen LogP contribution in [0, 0.1) is 10.1 Å². The molecule has 0 unspecified atom stereocenters. The van der Waals surface area contributed by atoms with E-state index in [1.54, 1.807) is 42.5 Å². The van der Waals surface area contributed by atoms with Crippen molar-refractivity contribution < 1.29 is 14.1 Å². The Bertz CT molecular complexity index is 1060. The van der Waals surface area contributed by atoms with E-state index in [0.29, 0.717) is 32.7 Å². The lowest BCUT2D eigenvalue weighted by Crippen LogP contribution is -2.31. The normalized spacial score (nSPS) is 10.8. The molecule has 0 saturated heterocycles. The quantitative estimate of drug-likeness (QED) is 0.324. The van der Waals surface area contributed by atoms with Gasteiger partial charge in [-0.1, -0.05) is 35.3 Å². The van der Waals surface area contributed by atoms with E-state index in [1.165, 1.54) is 18.3 Å². The Morgan fingerprint density at radius 3 is 2.62 bits per heavy atom. The number of benzene rings is 2. The van der Waals surface area contributed by atoms with Gasteiger partial charge in [0.15, 0.2) is 0 Å². The molecule has 3 aromatic rings. The van der Waals surface area contributed by atoms with E-state index < -0.39 is 11.0 Å². The van der Waals surface area contributed by atoms with E-state index in [-0.39, 0.29) is 12.2 Å². The third-order valence-corrected chi connectivity index (χ3v) is 4.68. The van der Waals surface area contributed by atoms with Crippen LogP contribution in [0.5, 0.6) is 0 Å². The number of carbonyl (C=O) groups is 1. The maximum Gasteiger partial charge on any atom is 0.335 e. The number of nitro groups is 1. The largest absolute Gasteiger partial charge is 0.455 e. The molecular weight excluding hydrogens is 419 g/mol. The smallest absolute Gasteiger partial charge is 0.335 e. The summed E-state index contributed by atoms with van der Waals surface area (Å²) >= 11 is 12.0. The summed E-state index contributed by atoms with van der Waals surface area (Å²) in [6.45, 7) is 0.186. The van der Waals surface area contributed by atoms with Gasteiger partial charge in [0.1, 0.15) is 11.5 Å². The number of non-ortho nitro benzene ring substituents is 1. The van der Waals surface area contributed by atoms with Crippen LogP contribution < -0.4 is 10.7 Å². The maximum absolute atomic E-state index is 11.8. The Morgan fingerprint density at radius 1 is 1.14 bits per heavy atom. The molecule has 3 rings (SSSR count). The first-order chi connectivity index (χ1) is 13.9. The van der Waals surface area contributed by atoms with Crippen LogP contribution in [0.2, 0.25) is 10.0 Å². The minimum Gasteiger partial charge on any atom is -0.455 e. The molecule has 0 saturated carbocycles. The summed E-state index contributed by atoms with van der Waals surface area (Å²) in [5.74, 6) is 0.915. The molecule has 8 nitrogen and oxygen atoms in total. The van der Waals surface area contributed by atoms with Crippen molar-refractivity contribution in [3.8, 4) is 11.3 Å². The molecule has 1 heterocycles. The number of nitro benzene ring substituents is 1. The van der Waals surface area contributed by atoms with Gasteiger partial charge >= 0.3 is 6.03 Å². The van der Waals surface area contributed by atoms with Gasteiger partial charge in [0, 0.05) is 24.2 Å². The standard InChI is InChI=1S/C19H14Cl2N4O4/c20-16-3-1-2-13(18(16)21)10-22-19(26)24-23-11-15-8-9-17(29-15)12-4-6-14(7-5-12)25(27)28/h1-9,11H,10H2,(H2,22,24,26)/b23-11+. The summed E-state index contributed by atoms with van der Waals surface area (Å²) < 4.78 is 5.59. The fraction of sp³-hybridized carbons (Fsp3) is 0.0526. The minimum atomic E-state index is -0.528. The van der Waals surface area contributed by atoms with Gasteiger partial charge in [0.25, 0.3) is 5.69 Å². The number of rotatable bonds is 6. The summed E-state index contributed by atoms with van der Waals surface area (Å²) in [4.78, 5) is 22.0. The van der Waals surface area contributed by atoms with Gasteiger partial charge < -0.3 is 9.73 Å². The van der Waals surface area contributed by atoms with Crippen LogP contribution in [0.4, 0.5) is 10.5 Å². The molecule has 1 aromatic heterocycles. The van der Waals surface area contributed by atoms with Crippen LogP contribution in [-0.4, -0.2) is 17.2 Å². The maximum atomic E-state index is 11.8. The zero-order valence-electron chi connectivity index (χ0n) is 14.8. The van der Waals surface area contributed by atoms with Gasteiger partial charge in [0.05, 0.1) is 21.2 Å². The summed E-state index contributed by atoms with van der Waals surface area (Å²) in [5, 5.41) is 17.9. The van der Waals surface area contributed by atoms with Crippen molar-refractivity contribution in [1.29, 1.82) is 0 Å². The molecule has 29 heavy (non-hydrogen) atoms. The number of amides is 2. The monoisotopic (exact) mass is 432 g/mol. The van der Waals surface area contributed by atoms with Crippen LogP contribution in [0.3, 0.4) is 0 Å². The van der Waals surface area contributed by atoms with Gasteiger partial charge in [-0.3, -0.25) is 10.1 Å². The summed E-state index contributed by atoms with van der Waals surface area (Å²) in [6, 6.07) is 13.9. The SMILES string of the molecule is O=C(NCc1cccc(Cl)c1Cl)N/N=C/c1ccc(-c2ccc([N+](=O)[O-])cc2)o1. The minimum absolute atomic E-state index is 0.00336. The highest BCUT2D eigenvalue weighted by Gasteiger charge is 2.08. The molecule has 0 aliphatic rings. The Labute approximate surface area is 175 Å². The lowest BCUT2D eigenvalue weighted by atomic mass is 10.1. The van der Waals surface area contributed by atoms with Gasteiger partial charge in [-0.2, -0.15) is 5.10 Å². The van der Waals surface area contributed by atoms with Gasteiger partial charge in [-0.25, -0.2) is 10.2 Å². The Balaban J connectivity index is 1.53. The highest BCUT2D eigenvalue weighted by Crippen LogP contribution is 2.25. The van der Waals surface area contributed by atoms with E-state index in [0.717, 1.165) is 0 Å². The Kier molecular flexibility index (Phi) is 6.48. The molecule has 2 amide bonds. The average Bonchev–Trinajstić information content (AvgIpc) is 3.18. The molecule has 2 aromatic carbocycles. The molecule has 2 N–H and O–H groups in total. The van der Waals surface area contributed by atoms with Crippen LogP contribution in [0.1, 0.15) is 11.3 Å². The molecule has 0 aliphatic carbocycles. The van der Waals surface area contributed by atoms with Crippen molar-refractivity contribution in [1.82, 2.24) is 10.7 Å². The molecule has 10 heteroatoms. The summed E-state index contributed by atoms with van der Waals surface area (Å²) in [7, 11) is 0. The number of hydrogen-bond donors (Lipinski definition) is 2. The van der Waals surface area contributed by atoms with Crippen LogP contribution in [0.15, 0.2) is 64.1 Å². The van der Waals surface area contributed by atoms with Crippen LogP contribution in [0.25, 0.3) is 11.3 Å². The Hall–Kier alpha value is -3.36. The number of hydrogen-bond acceptors (Lipinski definition) is 5. The van der Waals surface area contributed by atoms with Gasteiger partial charge in [0.2, 0.25) is 0 Å². The zero-order valence-corrected chi connectivity index (χ0v) is 16.3. The van der Waals surface area contributed by atoms with E-state index >= 15 is 0 Å². The zero-order chi connectivity index (χ0) is 20.8. The van der Waals surface area contributed by atoms with Crippen molar-refractivity contribution in [2.24, 2.45) is 5.10 Å². The molecule has 0 fully saturated rings. The second-order valence-electron chi connectivity index (χ2n) is 5.77. The van der Waals surface area contributed by atoms with Crippen molar-refractivity contribution in [2.75, 3.05) is 0 Å². The first kappa shape index (κ1) is 20.4. The number of furan rings is 1. The highest BCUT2D eigenvalue weighted by molar-refractivity contribution is 6.42. The topological polar surface area (TPSA) is 110 Å². The Morgan fingerprint density at radius 2 is 1.90 bits per heavy atom. The third-order valence-electron chi connectivity index (χ3n) is 3.82. The van der Waals surface area contributed by atoms with Crippen molar-refractivity contribution in [2.45, 2.75) is 6.54 Å². The molecule has 0 spiro atoms. The first-order valence-electron chi connectivity index (χ1n) is 8.28. The molecular formula is C19H14Cl2N4O4. The van der Waals surface area contributed by atoms with Gasteiger partial charge in [-0.15, -0.1) is 0 Å². The predicted molar refractivity (Wildman–Crippen MR) is 110 cm³/mol. The number of nitrogens with one attached hydrogen (secondary N) is 2. The second kappa shape index (κ2) is 9.22. The van der Waals surface area contributed by atoms with Crippen molar-refractivity contribution in [3.05, 3.63) is 86.1 Å². The number of urea groups is 1. The van der Waals surface area contributed by atoms with Crippen LogP contribution >= 0.6 is 23.2 Å². The number of hydrazone groups is 1. The van der Waals surface area contributed by atoms with E-state index in [4.69, 9.17) is 27.6 Å². The molecule has 0 radical (unpaired) electrons. The van der Waals surface area contributed by atoms with E-state index in [2.05, 4.69) is 15.8 Å². The number of nitrogens with zero attached hydrogens (tertiary/aromatic N) is 2. The van der Waals surface area contributed by atoms with Crippen molar-refractivity contribution >= 4 is 41.1 Å². The second-order valence-corrected chi connectivity index (χ2v) is 6.56. The van der Waals surface area contributed by atoms with Crippen molar-refractivity contribution in [3.63, 3.8) is 0 Å². The van der Waals surface area contributed by atoms with E-state index in [1.807, 2.05) is 0 Å². The van der Waals surface area contributed by atoms with Gasteiger partial charge in [-0.05, 0) is 35.9 Å². The average molecular weight is 433 g/mol. The third kappa shape index (κ3) is 5.34. The highest BCUT2D eigenvalue weighted by atomic mass is 35.5. The lowest BCUT2D eigenvalue weighted by Gasteiger charge is -2.07. The number of carbonyl (C=O) groups excluding carboxylic acids is 1. The predicted octanol–water partition coefficient (Wildman–Crippen LogP) is 4.99.